The van der Waals surface area contributed by atoms with E-state index >= 15 is 0 Å². The summed E-state index contributed by atoms with van der Waals surface area (Å²) in [4.78, 5) is 10.3. The number of aromatic nitrogens is 2. The van der Waals surface area contributed by atoms with Gasteiger partial charge in [-0.3, -0.25) is 0 Å². The van der Waals surface area contributed by atoms with Crippen LogP contribution < -0.4 is 4.90 Å². The smallest absolute Gasteiger partial charge is 0.243 e. The Morgan fingerprint density at radius 1 is 0.964 bits per heavy atom. The molecule has 1 saturated heterocycles. The van der Waals surface area contributed by atoms with E-state index in [0.717, 1.165) is 0 Å². The molecular weight excluding hydrogens is 426 g/mol. The third-order valence-corrected chi connectivity index (χ3v) is 7.29. The Hall–Kier alpha value is -2.00. The first kappa shape index (κ1) is 19.3. The molecule has 146 valence electrons. The average molecular weight is 441 g/mol. The second kappa shape index (κ2) is 7.44. The zero-order valence-corrected chi connectivity index (χ0v) is 16.8. The van der Waals surface area contributed by atoms with Crippen LogP contribution in [0.15, 0.2) is 47.6 Å². The maximum Gasteiger partial charge on any atom is 0.243 e. The van der Waals surface area contributed by atoms with Gasteiger partial charge in [0.15, 0.2) is 0 Å². The first-order valence-electron chi connectivity index (χ1n) is 8.47. The molecule has 0 bridgehead atoms. The minimum absolute atomic E-state index is 0.0916. The molecule has 2 aromatic carbocycles. The number of piperazine rings is 1. The van der Waals surface area contributed by atoms with E-state index in [-0.39, 0.29) is 23.0 Å². The Morgan fingerprint density at radius 2 is 1.71 bits per heavy atom. The molecule has 0 atom stereocenters. The molecule has 10 heteroatoms. The molecule has 0 saturated carbocycles. The van der Waals surface area contributed by atoms with Crippen LogP contribution in [0.3, 0.4) is 0 Å². The van der Waals surface area contributed by atoms with Crippen molar-refractivity contribution in [2.24, 2.45) is 0 Å². The van der Waals surface area contributed by atoms with E-state index in [2.05, 4.69) is 9.97 Å². The molecule has 4 rings (SSSR count). The number of sulfonamides is 1. The summed E-state index contributed by atoms with van der Waals surface area (Å²) in [5.41, 5.74) is 0.510. The quantitative estimate of drug-likeness (QED) is 0.622. The Morgan fingerprint density at radius 3 is 2.43 bits per heavy atom. The maximum atomic E-state index is 14.3. The number of nitrogens with zero attached hydrogens (tertiary/aromatic N) is 4. The van der Waals surface area contributed by atoms with Gasteiger partial charge in [-0.05, 0) is 30.3 Å². The van der Waals surface area contributed by atoms with Crippen molar-refractivity contribution in [3.05, 3.63) is 58.6 Å². The fraction of sp³-hybridized carbons (Fsp3) is 0.222. The van der Waals surface area contributed by atoms with Crippen LogP contribution in [-0.4, -0.2) is 48.9 Å². The molecule has 3 aromatic rings. The number of hydrogen-bond acceptors (Lipinski definition) is 5. The van der Waals surface area contributed by atoms with Crippen molar-refractivity contribution in [1.29, 1.82) is 0 Å². The van der Waals surface area contributed by atoms with Gasteiger partial charge in [-0.2, -0.15) is 4.31 Å². The molecule has 1 aliphatic heterocycles. The van der Waals surface area contributed by atoms with Gasteiger partial charge >= 0.3 is 0 Å². The van der Waals surface area contributed by atoms with Crippen LogP contribution in [0.25, 0.3) is 10.9 Å². The maximum absolute atomic E-state index is 14.3. The highest BCUT2D eigenvalue weighted by Gasteiger charge is 2.30. The van der Waals surface area contributed by atoms with Gasteiger partial charge in [0.05, 0.1) is 25.8 Å². The van der Waals surface area contributed by atoms with Gasteiger partial charge in [-0.1, -0.05) is 29.3 Å². The minimum atomic E-state index is -3.70. The number of anilines is 1. The predicted molar refractivity (Wildman–Crippen MR) is 107 cm³/mol. The van der Waals surface area contributed by atoms with Crippen LogP contribution in [0.5, 0.6) is 0 Å². The van der Waals surface area contributed by atoms with Crippen LogP contribution in [0.1, 0.15) is 0 Å². The lowest BCUT2D eigenvalue weighted by atomic mass is 10.2. The fourth-order valence-electron chi connectivity index (χ4n) is 3.22. The molecule has 1 aliphatic rings. The molecule has 0 aliphatic carbocycles. The van der Waals surface area contributed by atoms with Crippen LogP contribution >= 0.6 is 23.2 Å². The zero-order chi connectivity index (χ0) is 19.9. The summed E-state index contributed by atoms with van der Waals surface area (Å²) in [6.45, 7) is 1.23. The van der Waals surface area contributed by atoms with E-state index in [1.165, 1.54) is 34.9 Å². The van der Waals surface area contributed by atoms with E-state index in [1.54, 1.807) is 12.1 Å². The number of benzene rings is 2. The summed E-state index contributed by atoms with van der Waals surface area (Å²) in [7, 11) is -3.70. The predicted octanol–water partition coefficient (Wildman–Crippen LogP) is 3.59. The third-order valence-electron chi connectivity index (χ3n) is 4.66. The van der Waals surface area contributed by atoms with E-state index in [9.17, 15) is 12.8 Å². The average Bonchev–Trinajstić information content (AvgIpc) is 2.70. The number of hydrogen-bond donors (Lipinski definition) is 0. The second-order valence-corrected chi connectivity index (χ2v) is 9.05. The largest absolute Gasteiger partial charge is 0.353 e. The summed E-state index contributed by atoms with van der Waals surface area (Å²) >= 11 is 11.8. The molecule has 0 amide bonds. The van der Waals surface area contributed by atoms with E-state index in [4.69, 9.17) is 23.2 Å². The van der Waals surface area contributed by atoms with Crippen LogP contribution in [0.2, 0.25) is 10.0 Å². The highest BCUT2D eigenvalue weighted by atomic mass is 35.5. The van der Waals surface area contributed by atoms with E-state index in [0.29, 0.717) is 34.8 Å². The lowest BCUT2D eigenvalue weighted by Gasteiger charge is -2.35. The Bertz CT molecular complexity index is 1150. The van der Waals surface area contributed by atoms with Gasteiger partial charge in [0, 0.05) is 26.2 Å². The molecule has 0 unspecified atom stereocenters. The van der Waals surface area contributed by atoms with Crippen molar-refractivity contribution in [3.8, 4) is 0 Å². The zero-order valence-electron chi connectivity index (χ0n) is 14.5. The molecule has 2 heterocycles. The Kier molecular flexibility index (Phi) is 5.13. The van der Waals surface area contributed by atoms with Crippen molar-refractivity contribution in [1.82, 2.24) is 14.3 Å². The summed E-state index contributed by atoms with van der Waals surface area (Å²) in [5, 5.41) is 0.818. The van der Waals surface area contributed by atoms with Gasteiger partial charge in [-0.15, -0.1) is 0 Å². The van der Waals surface area contributed by atoms with Gasteiger partial charge in [0.25, 0.3) is 0 Å². The molecule has 6 nitrogen and oxygen atoms in total. The SMILES string of the molecule is O=S(=O)(c1ccc(Cl)c(Cl)c1)N1CCN(c2ncnc3cccc(F)c23)CC1. The molecule has 1 aromatic heterocycles. The fourth-order valence-corrected chi connectivity index (χ4v) is 5.03. The standard InChI is InChI=1S/C18H15Cl2FN4O2S/c19-13-5-4-12(10-14(13)20)28(26,27)25-8-6-24(7-9-25)18-17-15(21)2-1-3-16(17)22-11-23-18/h1-5,10-11H,6-9H2. The van der Waals surface area contributed by atoms with Gasteiger partial charge in [-0.25, -0.2) is 22.8 Å². The van der Waals surface area contributed by atoms with Crippen LogP contribution in [-0.2, 0) is 10.0 Å². The summed E-state index contributed by atoms with van der Waals surface area (Å²) in [6, 6.07) is 8.91. The Balaban J connectivity index is 1.58. The lowest BCUT2D eigenvalue weighted by Crippen LogP contribution is -2.49. The van der Waals surface area contributed by atoms with Crippen molar-refractivity contribution in [2.45, 2.75) is 4.90 Å². The van der Waals surface area contributed by atoms with Crippen LogP contribution in [0.4, 0.5) is 10.2 Å². The van der Waals surface area contributed by atoms with Gasteiger partial charge < -0.3 is 4.90 Å². The highest BCUT2D eigenvalue weighted by molar-refractivity contribution is 7.89. The van der Waals surface area contributed by atoms with Gasteiger partial charge in [0.1, 0.15) is 18.0 Å². The van der Waals surface area contributed by atoms with E-state index < -0.39 is 15.8 Å². The minimum Gasteiger partial charge on any atom is -0.353 e. The highest BCUT2D eigenvalue weighted by Crippen LogP contribution is 2.29. The number of rotatable bonds is 3. The number of fused-ring (bicyclic) bond motifs is 1. The first-order valence-corrected chi connectivity index (χ1v) is 10.7. The molecule has 28 heavy (non-hydrogen) atoms. The van der Waals surface area contributed by atoms with Crippen molar-refractivity contribution in [3.63, 3.8) is 0 Å². The van der Waals surface area contributed by atoms with Crippen molar-refractivity contribution < 1.29 is 12.8 Å². The second-order valence-electron chi connectivity index (χ2n) is 6.30. The molecule has 0 radical (unpaired) electrons. The summed E-state index contributed by atoms with van der Waals surface area (Å²) in [6.07, 6.45) is 1.38. The molecular formula is C18H15Cl2FN4O2S. The summed E-state index contributed by atoms with van der Waals surface area (Å²) in [5.74, 6) is 0.0636. The molecule has 0 N–H and O–H groups in total. The van der Waals surface area contributed by atoms with Gasteiger partial charge in [0.2, 0.25) is 10.0 Å². The van der Waals surface area contributed by atoms with E-state index in [1.807, 2.05) is 4.90 Å². The normalized spacial score (nSPS) is 15.9. The van der Waals surface area contributed by atoms with Crippen molar-refractivity contribution >= 4 is 49.9 Å². The van der Waals surface area contributed by atoms with Crippen LogP contribution in [0, 0.1) is 5.82 Å². The topological polar surface area (TPSA) is 66.4 Å². The summed E-state index contributed by atoms with van der Waals surface area (Å²) < 4.78 is 41.5. The third kappa shape index (κ3) is 3.41. The number of halogens is 3. The Labute approximate surface area is 171 Å². The molecule has 1 fully saturated rings. The first-order chi connectivity index (χ1) is 13.4. The molecule has 0 spiro atoms. The van der Waals surface area contributed by atoms with Crippen molar-refractivity contribution in [2.75, 3.05) is 31.1 Å². The lowest BCUT2D eigenvalue weighted by molar-refractivity contribution is 0.384. The monoisotopic (exact) mass is 440 g/mol.